The quantitative estimate of drug-likeness (QED) is 0.904. The van der Waals surface area contributed by atoms with E-state index in [4.69, 9.17) is 5.73 Å². The molecule has 1 aromatic carbocycles. The molecule has 0 saturated carbocycles. The van der Waals surface area contributed by atoms with Crippen molar-refractivity contribution in [3.8, 4) is 0 Å². The first-order valence-electron chi connectivity index (χ1n) is 6.59. The first-order chi connectivity index (χ1) is 8.79. The zero-order valence-corrected chi connectivity index (χ0v) is 11.5. The summed E-state index contributed by atoms with van der Waals surface area (Å²) < 4.78 is 4.53. The molecular weight excluding hydrogens is 242 g/mol. The van der Waals surface area contributed by atoms with E-state index < -0.39 is 0 Å². The highest BCUT2D eigenvalue weighted by Crippen LogP contribution is 2.34. The van der Waals surface area contributed by atoms with E-state index in [1.54, 1.807) is 11.5 Å². The molecule has 2 heterocycles. The predicted octanol–water partition coefficient (Wildman–Crippen LogP) is 2.72. The predicted molar refractivity (Wildman–Crippen MR) is 78.2 cm³/mol. The van der Waals surface area contributed by atoms with Gasteiger partial charge in [0.1, 0.15) is 5.00 Å². The third-order valence-corrected chi connectivity index (χ3v) is 5.01. The lowest BCUT2D eigenvalue weighted by Gasteiger charge is -2.37. The monoisotopic (exact) mass is 261 g/mol. The van der Waals surface area contributed by atoms with Gasteiger partial charge in [0.25, 0.3) is 0 Å². The molecule has 1 saturated heterocycles. The number of hydrogen-bond acceptors (Lipinski definition) is 4. The summed E-state index contributed by atoms with van der Waals surface area (Å²) in [7, 11) is 0. The summed E-state index contributed by atoms with van der Waals surface area (Å²) in [6.45, 7) is 5.31. The Morgan fingerprint density at radius 3 is 3.11 bits per heavy atom. The van der Waals surface area contributed by atoms with E-state index in [-0.39, 0.29) is 0 Å². The molecule has 2 unspecified atom stereocenters. The minimum atomic E-state index is 0.611. The summed E-state index contributed by atoms with van der Waals surface area (Å²) in [5.41, 5.74) is 6.99. The fraction of sp³-hybridized carbons (Fsp3) is 0.500. The van der Waals surface area contributed by atoms with Crippen LogP contribution in [0, 0.1) is 11.8 Å². The molecule has 0 radical (unpaired) electrons. The van der Waals surface area contributed by atoms with Gasteiger partial charge in [0.05, 0.1) is 5.52 Å². The van der Waals surface area contributed by atoms with E-state index in [9.17, 15) is 0 Å². The molecule has 1 aliphatic heterocycles. The van der Waals surface area contributed by atoms with Gasteiger partial charge >= 0.3 is 0 Å². The van der Waals surface area contributed by atoms with Gasteiger partial charge in [-0.3, -0.25) is 0 Å². The molecule has 3 rings (SSSR count). The highest BCUT2D eigenvalue weighted by atomic mass is 32.1. The average Bonchev–Trinajstić information content (AvgIpc) is 2.83. The maximum atomic E-state index is 5.88. The third kappa shape index (κ3) is 1.99. The topological polar surface area (TPSA) is 42.2 Å². The van der Waals surface area contributed by atoms with Gasteiger partial charge in [-0.15, -0.1) is 0 Å². The molecule has 0 spiro atoms. The number of nitrogens with two attached hydrogens (primary N) is 1. The molecule has 0 aliphatic carbocycles. The van der Waals surface area contributed by atoms with Crippen LogP contribution in [0.1, 0.15) is 13.3 Å². The van der Waals surface area contributed by atoms with E-state index in [0.717, 1.165) is 31.1 Å². The summed E-state index contributed by atoms with van der Waals surface area (Å²) in [4.78, 5) is 2.47. The molecular formula is C14H19N3S. The molecule has 2 atom stereocenters. The number of rotatable bonds is 2. The molecule has 2 aromatic rings. The van der Waals surface area contributed by atoms with E-state index in [1.165, 1.54) is 16.8 Å². The first-order valence-corrected chi connectivity index (χ1v) is 7.36. The van der Waals surface area contributed by atoms with Crippen LogP contribution in [-0.2, 0) is 0 Å². The fourth-order valence-corrected chi connectivity index (χ4v) is 3.64. The van der Waals surface area contributed by atoms with Crippen LogP contribution < -0.4 is 10.6 Å². The smallest absolute Gasteiger partial charge is 0.119 e. The van der Waals surface area contributed by atoms with Crippen molar-refractivity contribution in [2.24, 2.45) is 17.6 Å². The van der Waals surface area contributed by atoms with Gasteiger partial charge in [-0.1, -0.05) is 19.1 Å². The van der Waals surface area contributed by atoms with Crippen LogP contribution in [0.15, 0.2) is 24.3 Å². The lowest BCUT2D eigenvalue weighted by Crippen LogP contribution is -2.42. The zero-order chi connectivity index (χ0) is 12.5. The summed E-state index contributed by atoms with van der Waals surface area (Å²) in [5.74, 6) is 1.35. The van der Waals surface area contributed by atoms with Crippen molar-refractivity contribution in [3.63, 3.8) is 0 Å². The minimum Gasteiger partial charge on any atom is -0.361 e. The molecule has 2 N–H and O–H groups in total. The van der Waals surface area contributed by atoms with Gasteiger partial charge in [-0.25, -0.2) is 0 Å². The van der Waals surface area contributed by atoms with E-state index in [0.29, 0.717) is 5.92 Å². The van der Waals surface area contributed by atoms with Crippen molar-refractivity contribution in [1.82, 2.24) is 4.37 Å². The molecule has 18 heavy (non-hydrogen) atoms. The van der Waals surface area contributed by atoms with Gasteiger partial charge in [-0.2, -0.15) is 4.37 Å². The number of nitrogens with zero attached hydrogens (tertiary/aromatic N) is 2. The van der Waals surface area contributed by atoms with Gasteiger partial charge < -0.3 is 10.6 Å². The van der Waals surface area contributed by atoms with Crippen LogP contribution in [0.25, 0.3) is 10.9 Å². The molecule has 96 valence electrons. The highest BCUT2D eigenvalue weighted by molar-refractivity contribution is 7.11. The van der Waals surface area contributed by atoms with Gasteiger partial charge in [-0.05, 0) is 48.5 Å². The lowest BCUT2D eigenvalue weighted by atomic mass is 9.87. The second kappa shape index (κ2) is 4.86. The Kier molecular flexibility index (Phi) is 3.22. The molecule has 1 aliphatic rings. The van der Waals surface area contributed by atoms with Crippen molar-refractivity contribution in [1.29, 1.82) is 0 Å². The second-order valence-corrected chi connectivity index (χ2v) is 5.96. The maximum Gasteiger partial charge on any atom is 0.119 e. The largest absolute Gasteiger partial charge is 0.361 e. The summed E-state index contributed by atoms with van der Waals surface area (Å²) >= 11 is 1.62. The van der Waals surface area contributed by atoms with Crippen LogP contribution >= 0.6 is 11.5 Å². The second-order valence-electron chi connectivity index (χ2n) is 5.21. The van der Waals surface area contributed by atoms with Crippen LogP contribution in [-0.4, -0.2) is 24.0 Å². The summed E-state index contributed by atoms with van der Waals surface area (Å²) in [5, 5.41) is 2.60. The van der Waals surface area contributed by atoms with Crippen LogP contribution in [0.2, 0.25) is 0 Å². The number of benzene rings is 1. The van der Waals surface area contributed by atoms with E-state index in [1.807, 2.05) is 6.07 Å². The molecule has 0 amide bonds. The normalized spacial score (nSPS) is 24.7. The standard InChI is InChI=1S/C14H19N3S/c1-10-6-7-17(9-11(10)8-15)14-12-4-2-3-5-13(12)16-18-14/h2-5,10-11H,6-9,15H2,1H3. The number of piperidine rings is 1. The van der Waals surface area contributed by atoms with Crippen molar-refractivity contribution in [2.45, 2.75) is 13.3 Å². The Balaban J connectivity index is 1.91. The lowest BCUT2D eigenvalue weighted by molar-refractivity contribution is 0.309. The van der Waals surface area contributed by atoms with Crippen molar-refractivity contribution in [2.75, 3.05) is 24.5 Å². The van der Waals surface area contributed by atoms with Crippen LogP contribution in [0.5, 0.6) is 0 Å². The Morgan fingerprint density at radius 1 is 1.44 bits per heavy atom. The van der Waals surface area contributed by atoms with Gasteiger partial charge in [0.2, 0.25) is 0 Å². The summed E-state index contributed by atoms with van der Waals surface area (Å²) in [6.07, 6.45) is 1.23. The van der Waals surface area contributed by atoms with Gasteiger partial charge in [0.15, 0.2) is 0 Å². The molecule has 3 nitrogen and oxygen atoms in total. The summed E-state index contributed by atoms with van der Waals surface area (Å²) in [6, 6.07) is 8.39. The Morgan fingerprint density at radius 2 is 2.28 bits per heavy atom. The van der Waals surface area contributed by atoms with Crippen molar-refractivity contribution in [3.05, 3.63) is 24.3 Å². The minimum absolute atomic E-state index is 0.611. The number of aromatic nitrogens is 1. The number of anilines is 1. The number of hydrogen-bond donors (Lipinski definition) is 1. The van der Waals surface area contributed by atoms with Crippen molar-refractivity contribution >= 4 is 27.4 Å². The number of fused-ring (bicyclic) bond motifs is 1. The average molecular weight is 261 g/mol. The molecule has 1 fully saturated rings. The highest BCUT2D eigenvalue weighted by Gasteiger charge is 2.26. The van der Waals surface area contributed by atoms with Crippen molar-refractivity contribution < 1.29 is 0 Å². The van der Waals surface area contributed by atoms with Crippen LogP contribution in [0.4, 0.5) is 5.00 Å². The Bertz CT molecular complexity index is 537. The fourth-order valence-electron chi connectivity index (χ4n) is 2.74. The molecule has 0 bridgehead atoms. The molecule has 4 heteroatoms. The van der Waals surface area contributed by atoms with E-state index >= 15 is 0 Å². The van der Waals surface area contributed by atoms with Crippen LogP contribution in [0.3, 0.4) is 0 Å². The van der Waals surface area contributed by atoms with E-state index in [2.05, 4.69) is 34.4 Å². The molecule has 1 aromatic heterocycles. The third-order valence-electron chi connectivity index (χ3n) is 4.07. The first kappa shape index (κ1) is 11.9. The maximum absolute atomic E-state index is 5.88. The Labute approximate surface area is 112 Å². The Hall–Kier alpha value is -1.13. The van der Waals surface area contributed by atoms with Gasteiger partial charge in [0, 0.05) is 18.5 Å². The zero-order valence-electron chi connectivity index (χ0n) is 10.7. The SMILES string of the molecule is CC1CCN(c2snc3ccccc23)CC1CN.